The molecule has 1 aromatic rings. The van der Waals surface area contributed by atoms with E-state index in [9.17, 15) is 0 Å². The summed E-state index contributed by atoms with van der Waals surface area (Å²) in [7, 11) is 0. The Hall–Kier alpha value is -0.950. The van der Waals surface area contributed by atoms with Crippen molar-refractivity contribution in [3.63, 3.8) is 0 Å². The number of hydrogen-bond donors (Lipinski definition) is 0. The van der Waals surface area contributed by atoms with Gasteiger partial charge in [0.1, 0.15) is 0 Å². The Morgan fingerprint density at radius 2 is 2.12 bits per heavy atom. The van der Waals surface area contributed by atoms with Crippen LogP contribution >= 0.6 is 11.6 Å². The molecule has 17 heavy (non-hydrogen) atoms. The zero-order valence-electron chi connectivity index (χ0n) is 10.6. The molecule has 0 radical (unpaired) electrons. The van der Waals surface area contributed by atoms with Gasteiger partial charge in [0.05, 0.1) is 0 Å². The lowest BCUT2D eigenvalue weighted by Gasteiger charge is -2.28. The standard InChI is InChI=1S/C15H20ClN/c1-3-14-6-5-11-17(14)15(4-2)12-7-9-13(16)10-8-12/h4,7-10,14H,3,5-6,11H2,1-2H3. The van der Waals surface area contributed by atoms with Gasteiger partial charge in [0.25, 0.3) is 0 Å². The summed E-state index contributed by atoms with van der Waals surface area (Å²) in [5.41, 5.74) is 2.63. The molecule has 92 valence electrons. The van der Waals surface area contributed by atoms with Crippen molar-refractivity contribution in [2.45, 2.75) is 39.2 Å². The van der Waals surface area contributed by atoms with Gasteiger partial charge in [-0.1, -0.05) is 36.7 Å². The summed E-state index contributed by atoms with van der Waals surface area (Å²) in [6.45, 7) is 5.58. The van der Waals surface area contributed by atoms with Crippen molar-refractivity contribution in [1.82, 2.24) is 4.90 Å². The van der Waals surface area contributed by atoms with Crippen LogP contribution in [0.2, 0.25) is 5.02 Å². The predicted octanol–water partition coefficient (Wildman–Crippen LogP) is 4.58. The zero-order valence-corrected chi connectivity index (χ0v) is 11.4. The third-order valence-corrected chi connectivity index (χ3v) is 3.82. The summed E-state index contributed by atoms with van der Waals surface area (Å²) >= 11 is 5.94. The highest BCUT2D eigenvalue weighted by molar-refractivity contribution is 6.30. The second-order valence-corrected chi connectivity index (χ2v) is 5.01. The molecule has 0 aromatic heterocycles. The van der Waals surface area contributed by atoms with Gasteiger partial charge in [0.15, 0.2) is 0 Å². The molecule has 1 unspecified atom stereocenters. The Balaban J connectivity index is 2.25. The maximum absolute atomic E-state index is 5.94. The number of halogens is 1. The summed E-state index contributed by atoms with van der Waals surface area (Å²) < 4.78 is 0. The molecule has 1 aliphatic heterocycles. The first-order chi connectivity index (χ1) is 8.26. The molecular formula is C15H20ClN. The average Bonchev–Trinajstić information content (AvgIpc) is 2.81. The van der Waals surface area contributed by atoms with Gasteiger partial charge in [-0.15, -0.1) is 0 Å². The van der Waals surface area contributed by atoms with Gasteiger partial charge in [-0.25, -0.2) is 0 Å². The minimum Gasteiger partial charge on any atom is -0.368 e. The van der Waals surface area contributed by atoms with E-state index in [0.29, 0.717) is 6.04 Å². The summed E-state index contributed by atoms with van der Waals surface area (Å²) in [6, 6.07) is 8.87. The number of benzene rings is 1. The van der Waals surface area contributed by atoms with Crippen LogP contribution in [0.25, 0.3) is 5.70 Å². The van der Waals surface area contributed by atoms with Gasteiger partial charge in [-0.3, -0.25) is 0 Å². The summed E-state index contributed by atoms with van der Waals surface area (Å²) in [5.74, 6) is 0. The van der Waals surface area contributed by atoms with Crippen LogP contribution in [0.3, 0.4) is 0 Å². The molecule has 1 atom stereocenters. The van der Waals surface area contributed by atoms with Gasteiger partial charge >= 0.3 is 0 Å². The highest BCUT2D eigenvalue weighted by Crippen LogP contribution is 2.30. The second-order valence-electron chi connectivity index (χ2n) is 4.58. The topological polar surface area (TPSA) is 3.24 Å². The van der Waals surface area contributed by atoms with Crippen molar-refractivity contribution in [3.8, 4) is 0 Å². The third kappa shape index (κ3) is 2.66. The first kappa shape index (κ1) is 12.5. The van der Waals surface area contributed by atoms with Crippen LogP contribution in [0, 0.1) is 0 Å². The Morgan fingerprint density at radius 3 is 2.71 bits per heavy atom. The van der Waals surface area contributed by atoms with Gasteiger partial charge in [0, 0.05) is 23.3 Å². The van der Waals surface area contributed by atoms with E-state index in [2.05, 4.69) is 37.0 Å². The smallest absolute Gasteiger partial charge is 0.0406 e. The Bertz CT molecular complexity index is 394. The number of likely N-dealkylation sites (tertiary alicyclic amines) is 1. The van der Waals surface area contributed by atoms with E-state index >= 15 is 0 Å². The molecule has 0 amide bonds. The quantitative estimate of drug-likeness (QED) is 0.758. The normalized spacial score (nSPS) is 21.0. The fourth-order valence-electron chi connectivity index (χ4n) is 2.70. The minimum atomic E-state index is 0.705. The molecule has 1 saturated heterocycles. The van der Waals surface area contributed by atoms with Crippen LogP contribution in [0.15, 0.2) is 30.3 Å². The number of allylic oxidation sites excluding steroid dienone is 1. The van der Waals surface area contributed by atoms with Gasteiger partial charge in [0.2, 0.25) is 0 Å². The summed E-state index contributed by atoms with van der Waals surface area (Å²) in [4.78, 5) is 2.54. The van der Waals surface area contributed by atoms with Gasteiger partial charge in [-0.2, -0.15) is 0 Å². The molecule has 0 aliphatic carbocycles. The van der Waals surface area contributed by atoms with E-state index in [1.165, 1.54) is 37.1 Å². The molecule has 1 heterocycles. The van der Waals surface area contributed by atoms with Crippen molar-refractivity contribution in [1.29, 1.82) is 0 Å². The monoisotopic (exact) mass is 249 g/mol. The number of nitrogens with zero attached hydrogens (tertiary/aromatic N) is 1. The molecule has 0 saturated carbocycles. The van der Waals surface area contributed by atoms with Crippen LogP contribution in [-0.4, -0.2) is 17.5 Å². The minimum absolute atomic E-state index is 0.705. The van der Waals surface area contributed by atoms with Crippen LogP contribution in [0.4, 0.5) is 0 Å². The fourth-order valence-corrected chi connectivity index (χ4v) is 2.82. The number of hydrogen-bond acceptors (Lipinski definition) is 1. The SMILES string of the molecule is CC=C(c1ccc(Cl)cc1)N1CCCC1CC. The maximum atomic E-state index is 5.94. The predicted molar refractivity (Wildman–Crippen MR) is 75.1 cm³/mol. The molecule has 1 aliphatic rings. The molecule has 1 nitrogen and oxygen atoms in total. The lowest BCUT2D eigenvalue weighted by atomic mass is 10.1. The second kappa shape index (κ2) is 5.59. The highest BCUT2D eigenvalue weighted by Gasteiger charge is 2.24. The largest absolute Gasteiger partial charge is 0.368 e. The molecule has 0 N–H and O–H groups in total. The fraction of sp³-hybridized carbons (Fsp3) is 0.467. The van der Waals surface area contributed by atoms with Crippen LogP contribution in [0.1, 0.15) is 38.7 Å². The third-order valence-electron chi connectivity index (χ3n) is 3.57. The van der Waals surface area contributed by atoms with E-state index in [1.54, 1.807) is 0 Å². The van der Waals surface area contributed by atoms with E-state index in [0.717, 1.165) is 5.02 Å². The lowest BCUT2D eigenvalue weighted by molar-refractivity contribution is 0.360. The first-order valence-corrected chi connectivity index (χ1v) is 6.83. The number of rotatable bonds is 3. The van der Waals surface area contributed by atoms with Crippen molar-refractivity contribution >= 4 is 17.3 Å². The van der Waals surface area contributed by atoms with Crippen LogP contribution < -0.4 is 0 Å². The lowest BCUT2D eigenvalue weighted by Crippen LogP contribution is -2.27. The Kier molecular flexibility index (Phi) is 4.11. The molecule has 1 fully saturated rings. The van der Waals surface area contributed by atoms with E-state index in [-0.39, 0.29) is 0 Å². The van der Waals surface area contributed by atoms with Gasteiger partial charge < -0.3 is 4.90 Å². The van der Waals surface area contributed by atoms with E-state index in [4.69, 9.17) is 11.6 Å². The van der Waals surface area contributed by atoms with E-state index < -0.39 is 0 Å². The Morgan fingerprint density at radius 1 is 1.41 bits per heavy atom. The zero-order chi connectivity index (χ0) is 12.3. The Labute approximate surface area is 109 Å². The average molecular weight is 250 g/mol. The summed E-state index contributed by atoms with van der Waals surface area (Å²) in [6.07, 6.45) is 6.08. The van der Waals surface area contributed by atoms with Crippen molar-refractivity contribution in [3.05, 3.63) is 40.9 Å². The first-order valence-electron chi connectivity index (χ1n) is 6.45. The molecule has 0 bridgehead atoms. The highest BCUT2D eigenvalue weighted by atomic mass is 35.5. The van der Waals surface area contributed by atoms with Gasteiger partial charge in [-0.05, 0) is 43.9 Å². The molecule has 2 rings (SSSR count). The summed E-state index contributed by atoms with van der Waals surface area (Å²) in [5, 5.41) is 0.803. The molecular weight excluding hydrogens is 230 g/mol. The van der Waals surface area contributed by atoms with Crippen molar-refractivity contribution < 1.29 is 0 Å². The molecule has 1 aromatic carbocycles. The molecule has 2 heteroatoms. The van der Waals surface area contributed by atoms with Crippen molar-refractivity contribution in [2.24, 2.45) is 0 Å². The van der Waals surface area contributed by atoms with Crippen LogP contribution in [-0.2, 0) is 0 Å². The molecule has 0 spiro atoms. The van der Waals surface area contributed by atoms with Crippen LogP contribution in [0.5, 0.6) is 0 Å². The maximum Gasteiger partial charge on any atom is 0.0406 e. The van der Waals surface area contributed by atoms with Crippen molar-refractivity contribution in [2.75, 3.05) is 6.54 Å². The van der Waals surface area contributed by atoms with E-state index in [1.807, 2.05) is 12.1 Å².